The summed E-state index contributed by atoms with van der Waals surface area (Å²) in [5, 5.41) is 0. The van der Waals surface area contributed by atoms with E-state index in [1.165, 1.54) is 22.3 Å². The minimum atomic E-state index is 0.0946. The highest BCUT2D eigenvalue weighted by Gasteiger charge is 2.84. The first kappa shape index (κ1) is 11.1. The van der Waals surface area contributed by atoms with Crippen molar-refractivity contribution >= 4 is 0 Å². The van der Waals surface area contributed by atoms with E-state index in [1.807, 2.05) is 0 Å². The van der Waals surface area contributed by atoms with Crippen LogP contribution in [0.4, 0.5) is 0 Å². The second kappa shape index (κ2) is 3.16. The Balaban J connectivity index is 1.90. The summed E-state index contributed by atoms with van der Waals surface area (Å²) < 4.78 is 0. The van der Waals surface area contributed by atoms with Gasteiger partial charge in [0.05, 0.1) is 0 Å². The van der Waals surface area contributed by atoms with Crippen LogP contribution in [0.25, 0.3) is 0 Å². The third kappa shape index (κ3) is 0.802. The molecule has 2 aromatic carbocycles. The Kier molecular flexibility index (Phi) is 1.75. The predicted octanol–water partition coefficient (Wildman–Crippen LogP) is 1.87. The highest BCUT2D eigenvalue weighted by Crippen LogP contribution is 2.83. The van der Waals surface area contributed by atoms with Crippen molar-refractivity contribution in [2.24, 2.45) is 17.4 Å². The molecule has 0 amide bonds. The minimum absolute atomic E-state index is 0.0946. The second-order valence-electron chi connectivity index (χ2n) is 6.48. The van der Waals surface area contributed by atoms with Crippen molar-refractivity contribution in [2.45, 2.75) is 16.7 Å². The fourth-order valence-corrected chi connectivity index (χ4v) is 5.73. The number of rotatable bonds is 2. The number of nitrogens with two attached hydrogens (primary N) is 2. The van der Waals surface area contributed by atoms with Crippen molar-refractivity contribution in [3.05, 3.63) is 70.8 Å². The Morgan fingerprint density at radius 1 is 0.750 bits per heavy atom. The molecular weight excluding hydrogens is 244 g/mol. The summed E-state index contributed by atoms with van der Waals surface area (Å²) in [5.41, 5.74) is 18.6. The van der Waals surface area contributed by atoms with E-state index in [1.54, 1.807) is 0 Å². The summed E-state index contributed by atoms with van der Waals surface area (Å²) in [6.07, 6.45) is 0. The Bertz CT molecular complexity index is 676. The van der Waals surface area contributed by atoms with Gasteiger partial charge < -0.3 is 11.5 Å². The zero-order chi connectivity index (χ0) is 13.5. The molecule has 0 radical (unpaired) electrons. The standard InChI is InChI=1S/C18H18N2/c19-9-17-13-7-3-1-5-11(13)15-12-6-2-4-8-14(12)18(17,10-20)16(15)17/h1-8,15-16H,9-10,19-20H2. The van der Waals surface area contributed by atoms with Gasteiger partial charge in [-0.1, -0.05) is 48.5 Å². The van der Waals surface area contributed by atoms with Crippen LogP contribution in [0.1, 0.15) is 28.2 Å². The average molecular weight is 262 g/mol. The van der Waals surface area contributed by atoms with Crippen LogP contribution >= 0.6 is 0 Å². The summed E-state index contributed by atoms with van der Waals surface area (Å²) in [6, 6.07) is 17.7. The zero-order valence-electron chi connectivity index (χ0n) is 11.3. The maximum atomic E-state index is 6.27. The van der Waals surface area contributed by atoms with Gasteiger partial charge >= 0.3 is 0 Å². The molecule has 2 heteroatoms. The lowest BCUT2D eigenvalue weighted by Crippen LogP contribution is -2.35. The zero-order valence-corrected chi connectivity index (χ0v) is 11.3. The van der Waals surface area contributed by atoms with E-state index >= 15 is 0 Å². The largest absolute Gasteiger partial charge is 0.330 e. The topological polar surface area (TPSA) is 52.0 Å². The SMILES string of the molecule is NCC12c3ccccc3C3c4ccccc4C1(CN)C32. The number of hydrogen-bond acceptors (Lipinski definition) is 2. The smallest absolute Gasteiger partial charge is 0.0237 e. The molecule has 100 valence electrons. The van der Waals surface area contributed by atoms with Crippen LogP contribution in [-0.4, -0.2) is 13.1 Å². The van der Waals surface area contributed by atoms with E-state index in [4.69, 9.17) is 11.5 Å². The van der Waals surface area contributed by atoms with Gasteiger partial charge in [0, 0.05) is 29.8 Å². The van der Waals surface area contributed by atoms with Crippen LogP contribution in [0.15, 0.2) is 48.5 Å². The van der Waals surface area contributed by atoms with Gasteiger partial charge in [0.1, 0.15) is 0 Å². The molecular formula is C18H18N2. The molecule has 4 N–H and O–H groups in total. The fraction of sp³-hybridized carbons (Fsp3) is 0.333. The van der Waals surface area contributed by atoms with Gasteiger partial charge in [-0.15, -0.1) is 0 Å². The van der Waals surface area contributed by atoms with Gasteiger partial charge in [-0.2, -0.15) is 0 Å². The predicted molar refractivity (Wildman–Crippen MR) is 79.7 cm³/mol. The van der Waals surface area contributed by atoms with Gasteiger partial charge in [-0.05, 0) is 28.2 Å². The molecule has 20 heavy (non-hydrogen) atoms. The second-order valence-corrected chi connectivity index (χ2v) is 6.48. The Morgan fingerprint density at radius 2 is 1.20 bits per heavy atom. The Morgan fingerprint density at radius 3 is 1.65 bits per heavy atom. The van der Waals surface area contributed by atoms with Crippen molar-refractivity contribution in [3.63, 3.8) is 0 Å². The van der Waals surface area contributed by atoms with Crippen molar-refractivity contribution in [1.82, 2.24) is 0 Å². The van der Waals surface area contributed by atoms with Gasteiger partial charge in [0.25, 0.3) is 0 Å². The average Bonchev–Trinajstić information content (AvgIpc) is 2.86. The van der Waals surface area contributed by atoms with E-state index in [0.29, 0.717) is 24.9 Å². The molecule has 2 nitrogen and oxygen atoms in total. The monoisotopic (exact) mass is 262 g/mol. The molecule has 0 aliphatic heterocycles. The molecule has 2 atom stereocenters. The van der Waals surface area contributed by atoms with Crippen LogP contribution in [0.5, 0.6) is 0 Å². The summed E-state index contributed by atoms with van der Waals surface area (Å²) >= 11 is 0. The Labute approximate surface area is 118 Å². The summed E-state index contributed by atoms with van der Waals surface area (Å²) in [7, 11) is 0. The van der Waals surface area contributed by atoms with Crippen molar-refractivity contribution in [2.75, 3.05) is 13.1 Å². The first-order chi connectivity index (χ1) is 9.83. The van der Waals surface area contributed by atoms with Crippen LogP contribution in [0.3, 0.4) is 0 Å². The van der Waals surface area contributed by atoms with E-state index in [9.17, 15) is 0 Å². The van der Waals surface area contributed by atoms with Crippen molar-refractivity contribution in [1.29, 1.82) is 0 Å². The lowest BCUT2D eigenvalue weighted by molar-refractivity contribution is 0.551. The summed E-state index contributed by atoms with van der Waals surface area (Å²) in [6.45, 7) is 1.41. The van der Waals surface area contributed by atoms with Gasteiger partial charge in [-0.3, -0.25) is 0 Å². The highest BCUT2D eigenvalue weighted by atomic mass is 14.9. The molecule has 1 saturated carbocycles. The summed E-state index contributed by atoms with van der Waals surface area (Å²) in [4.78, 5) is 0. The van der Waals surface area contributed by atoms with Crippen LogP contribution in [0.2, 0.25) is 0 Å². The molecule has 0 bridgehead atoms. The molecule has 0 heterocycles. The van der Waals surface area contributed by atoms with Crippen LogP contribution < -0.4 is 11.5 Å². The van der Waals surface area contributed by atoms with Gasteiger partial charge in [0.15, 0.2) is 0 Å². The van der Waals surface area contributed by atoms with E-state index in [2.05, 4.69) is 48.5 Å². The van der Waals surface area contributed by atoms with Crippen LogP contribution in [0, 0.1) is 5.92 Å². The first-order valence-corrected chi connectivity index (χ1v) is 7.42. The molecule has 1 fully saturated rings. The Hall–Kier alpha value is -1.64. The number of hydrogen-bond donors (Lipinski definition) is 2. The highest BCUT2D eigenvalue weighted by molar-refractivity contribution is 5.72. The third-order valence-corrected chi connectivity index (χ3v) is 6.30. The summed E-state index contributed by atoms with van der Waals surface area (Å²) in [5.74, 6) is 1.09. The molecule has 2 aromatic rings. The fourth-order valence-electron chi connectivity index (χ4n) is 5.73. The lowest BCUT2D eigenvalue weighted by atomic mass is 9.81. The first-order valence-electron chi connectivity index (χ1n) is 7.42. The molecule has 0 saturated heterocycles. The van der Waals surface area contributed by atoms with Crippen molar-refractivity contribution in [3.8, 4) is 0 Å². The molecule has 3 aliphatic carbocycles. The quantitative estimate of drug-likeness (QED) is 0.868. The van der Waals surface area contributed by atoms with Gasteiger partial charge in [-0.25, -0.2) is 0 Å². The van der Waals surface area contributed by atoms with E-state index in [0.717, 1.165) is 0 Å². The maximum absolute atomic E-state index is 6.27. The normalized spacial score (nSPS) is 38.3. The maximum Gasteiger partial charge on any atom is 0.0237 e. The van der Waals surface area contributed by atoms with Crippen LogP contribution in [-0.2, 0) is 10.8 Å². The number of fused-ring (bicyclic) bond motifs is 7. The van der Waals surface area contributed by atoms with Crippen molar-refractivity contribution < 1.29 is 0 Å². The minimum Gasteiger partial charge on any atom is -0.330 e. The van der Waals surface area contributed by atoms with Gasteiger partial charge in [0.2, 0.25) is 0 Å². The molecule has 5 rings (SSSR count). The molecule has 2 unspecified atom stereocenters. The molecule has 0 spiro atoms. The van der Waals surface area contributed by atoms with E-state index < -0.39 is 0 Å². The molecule has 3 aliphatic rings. The van der Waals surface area contributed by atoms with E-state index in [-0.39, 0.29) is 10.8 Å². The molecule has 0 aromatic heterocycles. The lowest BCUT2D eigenvalue weighted by Gasteiger charge is -2.24. The number of benzene rings is 2. The third-order valence-electron chi connectivity index (χ3n) is 6.30.